The van der Waals surface area contributed by atoms with Gasteiger partial charge < -0.3 is 20.1 Å². The number of allylic oxidation sites excluding steroid dienone is 6. The number of esters is 1. The number of phosphoric ester groups is 1. The molecular weight excluding hydrogens is 697 g/mol. The molecule has 0 aliphatic heterocycles. The second-order valence-corrected chi connectivity index (χ2v) is 16.4. The van der Waals surface area contributed by atoms with Gasteiger partial charge in [0.05, 0.1) is 19.8 Å². The zero-order valence-corrected chi connectivity index (χ0v) is 36.1. The standard InChI is InChI=1S/C45H86NO7P/c1-3-5-7-9-11-13-15-17-19-21-22-23-25-27-29-31-33-35-37-40-50-42-44(43-52-54(48,49)51-41-39-46)53-45(47)38-36-34-32-30-28-26-24-20-18-16-14-12-10-8-6-4-2/h14,16,19-21,24,44H,3-13,15,17-18,22-23,25-43,46H2,1-2H3,(H,48,49)/b16-14-,21-19-,24-20-. The topological polar surface area (TPSA) is 117 Å². The fraction of sp³-hybridized carbons (Fsp3) is 0.844. The summed E-state index contributed by atoms with van der Waals surface area (Å²) < 4.78 is 33.4. The number of nitrogens with two attached hydrogens (primary N) is 1. The number of rotatable bonds is 43. The highest BCUT2D eigenvalue weighted by atomic mass is 31.2. The van der Waals surface area contributed by atoms with E-state index < -0.39 is 13.9 Å². The normalized spacial score (nSPS) is 13.8. The zero-order chi connectivity index (χ0) is 39.5. The number of hydrogen-bond acceptors (Lipinski definition) is 7. The van der Waals surface area contributed by atoms with Gasteiger partial charge in [0.25, 0.3) is 0 Å². The van der Waals surface area contributed by atoms with Crippen molar-refractivity contribution in [2.75, 3.05) is 33.0 Å². The molecule has 0 fully saturated rings. The van der Waals surface area contributed by atoms with Gasteiger partial charge in [0.15, 0.2) is 0 Å². The van der Waals surface area contributed by atoms with Crippen LogP contribution in [0.15, 0.2) is 36.5 Å². The smallest absolute Gasteiger partial charge is 0.457 e. The van der Waals surface area contributed by atoms with Gasteiger partial charge in [-0.1, -0.05) is 166 Å². The van der Waals surface area contributed by atoms with Crippen molar-refractivity contribution in [2.24, 2.45) is 5.73 Å². The Balaban J connectivity index is 4.03. The first kappa shape index (κ1) is 52.7. The molecule has 0 aromatic heterocycles. The van der Waals surface area contributed by atoms with Gasteiger partial charge in [0.1, 0.15) is 6.10 Å². The molecule has 0 aliphatic carbocycles. The van der Waals surface area contributed by atoms with Gasteiger partial charge in [-0.05, 0) is 70.6 Å². The van der Waals surface area contributed by atoms with E-state index in [9.17, 15) is 14.3 Å². The van der Waals surface area contributed by atoms with E-state index in [0.29, 0.717) is 13.0 Å². The molecule has 0 heterocycles. The molecule has 0 amide bonds. The van der Waals surface area contributed by atoms with E-state index >= 15 is 0 Å². The van der Waals surface area contributed by atoms with Crippen LogP contribution in [0.4, 0.5) is 0 Å². The lowest BCUT2D eigenvalue weighted by molar-refractivity contribution is -0.154. The number of ether oxygens (including phenoxy) is 2. The van der Waals surface area contributed by atoms with Crippen LogP contribution in [0, 0.1) is 0 Å². The molecule has 318 valence electrons. The van der Waals surface area contributed by atoms with Crippen molar-refractivity contribution in [2.45, 2.75) is 213 Å². The fourth-order valence-corrected chi connectivity index (χ4v) is 6.96. The monoisotopic (exact) mass is 784 g/mol. The van der Waals surface area contributed by atoms with E-state index in [-0.39, 0.29) is 32.3 Å². The van der Waals surface area contributed by atoms with Gasteiger partial charge in [-0.2, -0.15) is 0 Å². The Morgan fingerprint density at radius 1 is 0.556 bits per heavy atom. The second kappa shape index (κ2) is 42.9. The summed E-state index contributed by atoms with van der Waals surface area (Å²) in [6.45, 7) is 4.89. The summed E-state index contributed by atoms with van der Waals surface area (Å²) in [6.07, 6.45) is 48.7. The maximum atomic E-state index is 12.6. The summed E-state index contributed by atoms with van der Waals surface area (Å²) in [6, 6.07) is 0. The maximum absolute atomic E-state index is 12.6. The molecular formula is C45H86NO7P. The minimum atomic E-state index is -4.28. The lowest BCUT2D eigenvalue weighted by Crippen LogP contribution is -2.28. The quantitative estimate of drug-likeness (QED) is 0.0272. The van der Waals surface area contributed by atoms with E-state index in [0.717, 1.165) is 57.8 Å². The summed E-state index contributed by atoms with van der Waals surface area (Å²) in [7, 11) is -4.28. The molecule has 0 aromatic rings. The first-order valence-corrected chi connectivity index (χ1v) is 24.0. The summed E-state index contributed by atoms with van der Waals surface area (Å²) in [4.78, 5) is 22.5. The first-order chi connectivity index (χ1) is 26.4. The molecule has 0 spiro atoms. The molecule has 0 aliphatic rings. The van der Waals surface area contributed by atoms with Crippen molar-refractivity contribution in [1.29, 1.82) is 0 Å². The van der Waals surface area contributed by atoms with Gasteiger partial charge in [0.2, 0.25) is 0 Å². The average molecular weight is 784 g/mol. The van der Waals surface area contributed by atoms with E-state index in [4.69, 9.17) is 24.3 Å². The van der Waals surface area contributed by atoms with Gasteiger partial charge in [-0.3, -0.25) is 13.8 Å². The lowest BCUT2D eigenvalue weighted by atomic mass is 10.1. The summed E-state index contributed by atoms with van der Waals surface area (Å²) in [5, 5.41) is 0. The minimum Gasteiger partial charge on any atom is -0.457 e. The minimum absolute atomic E-state index is 0.0973. The highest BCUT2D eigenvalue weighted by Gasteiger charge is 2.25. The van der Waals surface area contributed by atoms with E-state index in [1.807, 2.05) is 0 Å². The Bertz CT molecular complexity index is 926. The Morgan fingerprint density at radius 3 is 1.48 bits per heavy atom. The molecule has 54 heavy (non-hydrogen) atoms. The number of unbranched alkanes of at least 4 members (excludes halogenated alkanes) is 24. The molecule has 0 saturated carbocycles. The van der Waals surface area contributed by atoms with E-state index in [1.54, 1.807) is 0 Å². The maximum Gasteiger partial charge on any atom is 0.472 e. The van der Waals surface area contributed by atoms with Crippen LogP contribution in [-0.2, 0) is 27.9 Å². The Kier molecular flexibility index (Phi) is 41.8. The van der Waals surface area contributed by atoms with Crippen LogP contribution in [0.3, 0.4) is 0 Å². The van der Waals surface area contributed by atoms with Gasteiger partial charge in [-0.15, -0.1) is 0 Å². The average Bonchev–Trinajstić information content (AvgIpc) is 3.16. The van der Waals surface area contributed by atoms with Gasteiger partial charge >= 0.3 is 13.8 Å². The van der Waals surface area contributed by atoms with Crippen molar-refractivity contribution >= 4 is 13.8 Å². The highest BCUT2D eigenvalue weighted by molar-refractivity contribution is 7.47. The molecule has 3 N–H and O–H groups in total. The van der Waals surface area contributed by atoms with Crippen LogP contribution in [0.25, 0.3) is 0 Å². The number of phosphoric acid groups is 1. The van der Waals surface area contributed by atoms with E-state index in [2.05, 4.69) is 50.3 Å². The number of carbonyl (C=O) groups is 1. The van der Waals surface area contributed by atoms with Crippen LogP contribution < -0.4 is 5.73 Å². The molecule has 9 heteroatoms. The van der Waals surface area contributed by atoms with Crippen LogP contribution in [0.2, 0.25) is 0 Å². The van der Waals surface area contributed by atoms with Gasteiger partial charge in [-0.25, -0.2) is 4.57 Å². The summed E-state index contributed by atoms with van der Waals surface area (Å²) >= 11 is 0. The Labute approximate surface area is 333 Å². The van der Waals surface area contributed by atoms with Crippen molar-refractivity contribution in [3.8, 4) is 0 Å². The molecule has 0 radical (unpaired) electrons. The predicted octanol–water partition coefficient (Wildman–Crippen LogP) is 13.4. The number of carbonyl (C=O) groups excluding carboxylic acids is 1. The van der Waals surface area contributed by atoms with Crippen LogP contribution in [0.1, 0.15) is 206 Å². The first-order valence-electron chi connectivity index (χ1n) is 22.5. The zero-order valence-electron chi connectivity index (χ0n) is 35.2. The van der Waals surface area contributed by atoms with Crippen LogP contribution >= 0.6 is 7.82 Å². The van der Waals surface area contributed by atoms with Crippen molar-refractivity contribution in [3.63, 3.8) is 0 Å². The van der Waals surface area contributed by atoms with Crippen LogP contribution in [-0.4, -0.2) is 49.9 Å². The third kappa shape index (κ3) is 41.9. The van der Waals surface area contributed by atoms with Gasteiger partial charge in [0, 0.05) is 19.6 Å². The predicted molar refractivity (Wildman–Crippen MR) is 229 cm³/mol. The third-order valence-corrected chi connectivity index (χ3v) is 10.5. The van der Waals surface area contributed by atoms with E-state index in [1.165, 1.54) is 128 Å². The third-order valence-electron chi connectivity index (χ3n) is 9.53. The lowest BCUT2D eigenvalue weighted by Gasteiger charge is -2.20. The largest absolute Gasteiger partial charge is 0.472 e. The Morgan fingerprint density at radius 2 is 0.981 bits per heavy atom. The molecule has 0 aromatic carbocycles. The molecule has 0 bridgehead atoms. The molecule has 2 atom stereocenters. The molecule has 0 saturated heterocycles. The number of hydrogen-bond donors (Lipinski definition) is 2. The highest BCUT2D eigenvalue weighted by Crippen LogP contribution is 2.43. The van der Waals surface area contributed by atoms with Crippen molar-refractivity contribution < 1.29 is 32.8 Å². The van der Waals surface area contributed by atoms with Crippen LogP contribution in [0.5, 0.6) is 0 Å². The second-order valence-electron chi connectivity index (χ2n) is 14.9. The summed E-state index contributed by atoms with van der Waals surface area (Å²) in [5.74, 6) is -0.344. The fourth-order valence-electron chi connectivity index (χ4n) is 6.20. The summed E-state index contributed by atoms with van der Waals surface area (Å²) in [5.41, 5.74) is 5.37. The molecule has 0 rings (SSSR count). The SMILES string of the molecule is CCCCCC/C=C\C/C=C\CCCCCCCC(=O)OC(COCCCCCCCCCC/C=C\CCCCCCCCC)COP(=O)(O)OCCN. The molecule has 8 nitrogen and oxygen atoms in total. The molecule has 2 unspecified atom stereocenters. The Hall–Kier alpha value is -1.28. The van der Waals surface area contributed by atoms with Crippen molar-refractivity contribution in [1.82, 2.24) is 0 Å². The van der Waals surface area contributed by atoms with Crippen molar-refractivity contribution in [3.05, 3.63) is 36.5 Å².